The van der Waals surface area contributed by atoms with Crippen molar-refractivity contribution in [1.82, 2.24) is 9.21 Å². The van der Waals surface area contributed by atoms with Crippen molar-refractivity contribution in [2.24, 2.45) is 5.92 Å². The summed E-state index contributed by atoms with van der Waals surface area (Å²) in [5.41, 5.74) is 2.20. The molecule has 2 heterocycles. The summed E-state index contributed by atoms with van der Waals surface area (Å²) in [5, 5.41) is 1.77. The van der Waals surface area contributed by atoms with Gasteiger partial charge in [-0.15, -0.1) is 11.3 Å². The van der Waals surface area contributed by atoms with Crippen molar-refractivity contribution >= 4 is 33.0 Å². The maximum atomic E-state index is 12.8. The Hall–Kier alpha value is -1.90. The van der Waals surface area contributed by atoms with Gasteiger partial charge in [0.25, 0.3) is 10.0 Å². The average molecular weight is 422 g/mol. The fourth-order valence-electron chi connectivity index (χ4n) is 3.44. The number of benzene rings is 1. The number of hydrogen-bond donors (Lipinski definition) is 0. The molecule has 2 aromatic rings. The van der Waals surface area contributed by atoms with Crippen molar-refractivity contribution in [2.45, 2.75) is 23.6 Å². The van der Waals surface area contributed by atoms with E-state index in [0.29, 0.717) is 36.7 Å². The highest BCUT2D eigenvalue weighted by atomic mass is 32.2. The first-order valence-corrected chi connectivity index (χ1v) is 11.7. The van der Waals surface area contributed by atoms with E-state index in [-0.39, 0.29) is 11.8 Å². The number of nitrogens with zero attached hydrogens (tertiary/aromatic N) is 3. The van der Waals surface area contributed by atoms with Crippen LogP contribution in [0.5, 0.6) is 0 Å². The summed E-state index contributed by atoms with van der Waals surface area (Å²) in [6, 6.07) is 11.5. The fraction of sp³-hybridized carbons (Fsp3) is 0.450. The third kappa shape index (κ3) is 4.56. The molecular weight excluding hydrogens is 394 g/mol. The Labute approximate surface area is 171 Å². The lowest BCUT2D eigenvalue weighted by molar-refractivity contribution is -0.135. The van der Waals surface area contributed by atoms with E-state index in [1.807, 2.05) is 50.3 Å². The molecule has 0 aliphatic carbocycles. The quantitative estimate of drug-likeness (QED) is 0.720. The Morgan fingerprint density at radius 3 is 2.29 bits per heavy atom. The molecule has 1 aromatic carbocycles. The molecule has 0 saturated carbocycles. The average Bonchev–Trinajstić information content (AvgIpc) is 3.23. The maximum Gasteiger partial charge on any atom is 0.252 e. The molecule has 1 amide bonds. The summed E-state index contributed by atoms with van der Waals surface area (Å²) >= 11 is 1.23. The largest absolute Gasteiger partial charge is 0.378 e. The molecule has 0 spiro atoms. The number of rotatable bonds is 6. The van der Waals surface area contributed by atoms with Crippen molar-refractivity contribution in [3.8, 4) is 0 Å². The molecule has 0 N–H and O–H groups in total. The number of carbonyl (C=O) groups is 1. The minimum Gasteiger partial charge on any atom is -0.378 e. The van der Waals surface area contributed by atoms with Crippen molar-refractivity contribution in [1.29, 1.82) is 0 Å². The van der Waals surface area contributed by atoms with Crippen LogP contribution in [0.15, 0.2) is 46.0 Å². The van der Waals surface area contributed by atoms with Crippen LogP contribution in [0.2, 0.25) is 0 Å². The Morgan fingerprint density at radius 2 is 1.75 bits per heavy atom. The van der Waals surface area contributed by atoms with Crippen molar-refractivity contribution in [3.05, 3.63) is 47.3 Å². The van der Waals surface area contributed by atoms with Gasteiger partial charge < -0.3 is 9.80 Å². The van der Waals surface area contributed by atoms with Crippen LogP contribution < -0.4 is 4.90 Å². The summed E-state index contributed by atoms with van der Waals surface area (Å²) in [6.45, 7) is 1.34. The van der Waals surface area contributed by atoms with Gasteiger partial charge in [0.05, 0.1) is 0 Å². The van der Waals surface area contributed by atoms with Crippen molar-refractivity contribution in [3.63, 3.8) is 0 Å². The number of sulfonamides is 1. The molecule has 6 nitrogen and oxygen atoms in total. The van der Waals surface area contributed by atoms with Gasteiger partial charge in [0, 0.05) is 52.4 Å². The van der Waals surface area contributed by atoms with Gasteiger partial charge >= 0.3 is 0 Å². The molecule has 1 fully saturated rings. The fourth-order valence-corrected chi connectivity index (χ4v) is 6.06. The normalized spacial score (nSPS) is 16.1. The number of piperidine rings is 1. The van der Waals surface area contributed by atoms with E-state index < -0.39 is 10.0 Å². The first-order valence-electron chi connectivity index (χ1n) is 9.34. The molecule has 28 heavy (non-hydrogen) atoms. The SMILES string of the molecule is CN(Cc1ccc(N(C)C)cc1)C(=O)C1CCN(S(=O)(=O)c2cccs2)CC1. The van der Waals surface area contributed by atoms with E-state index >= 15 is 0 Å². The highest BCUT2D eigenvalue weighted by Gasteiger charge is 2.33. The van der Waals surface area contributed by atoms with Gasteiger partial charge in [-0.1, -0.05) is 18.2 Å². The van der Waals surface area contributed by atoms with Gasteiger partial charge in [0.2, 0.25) is 5.91 Å². The summed E-state index contributed by atoms with van der Waals surface area (Å²) in [4.78, 5) is 16.6. The molecule has 1 aliphatic rings. The topological polar surface area (TPSA) is 60.9 Å². The number of hydrogen-bond acceptors (Lipinski definition) is 5. The molecule has 0 radical (unpaired) electrons. The van der Waals surface area contributed by atoms with E-state index in [1.54, 1.807) is 22.4 Å². The number of anilines is 1. The van der Waals surface area contributed by atoms with Gasteiger partial charge in [0.15, 0.2) is 0 Å². The van der Waals surface area contributed by atoms with Crippen LogP contribution in [0.3, 0.4) is 0 Å². The number of amides is 1. The van der Waals surface area contributed by atoms with Gasteiger partial charge in [-0.25, -0.2) is 8.42 Å². The summed E-state index contributed by atoms with van der Waals surface area (Å²) < 4.78 is 27.1. The highest BCUT2D eigenvalue weighted by Crippen LogP contribution is 2.27. The lowest BCUT2D eigenvalue weighted by Gasteiger charge is -2.32. The Kier molecular flexibility index (Phi) is 6.42. The minimum absolute atomic E-state index is 0.0878. The highest BCUT2D eigenvalue weighted by molar-refractivity contribution is 7.91. The number of thiophene rings is 1. The summed E-state index contributed by atoms with van der Waals surface area (Å²) in [6.07, 6.45) is 1.13. The van der Waals surface area contributed by atoms with Crippen LogP contribution in [0, 0.1) is 5.92 Å². The lowest BCUT2D eigenvalue weighted by Crippen LogP contribution is -2.43. The van der Waals surface area contributed by atoms with E-state index in [0.717, 1.165) is 11.3 Å². The van der Waals surface area contributed by atoms with Crippen LogP contribution in [-0.2, 0) is 21.4 Å². The molecule has 1 aliphatic heterocycles. The van der Waals surface area contributed by atoms with Gasteiger partial charge in [-0.2, -0.15) is 4.31 Å². The Bertz CT molecular complexity index is 885. The first-order chi connectivity index (χ1) is 13.3. The predicted octanol–water partition coefficient (Wildman–Crippen LogP) is 2.87. The lowest BCUT2D eigenvalue weighted by atomic mass is 9.96. The van der Waals surface area contributed by atoms with Crippen molar-refractivity contribution < 1.29 is 13.2 Å². The first kappa shape index (κ1) is 20.8. The monoisotopic (exact) mass is 421 g/mol. The molecule has 0 unspecified atom stereocenters. The molecule has 1 aromatic heterocycles. The van der Waals surface area contributed by atoms with Crippen LogP contribution in [0.25, 0.3) is 0 Å². The van der Waals surface area contributed by atoms with Crippen LogP contribution >= 0.6 is 11.3 Å². The second-order valence-electron chi connectivity index (χ2n) is 7.37. The van der Waals surface area contributed by atoms with Gasteiger partial charge in [0.1, 0.15) is 4.21 Å². The van der Waals surface area contributed by atoms with Gasteiger partial charge in [-0.05, 0) is 42.0 Å². The van der Waals surface area contributed by atoms with Gasteiger partial charge in [-0.3, -0.25) is 4.79 Å². The third-order valence-corrected chi connectivity index (χ3v) is 8.41. The minimum atomic E-state index is -3.42. The number of carbonyl (C=O) groups excluding carboxylic acids is 1. The zero-order chi connectivity index (χ0) is 20.3. The summed E-state index contributed by atoms with van der Waals surface area (Å²) in [5.74, 6) is -0.0364. The molecule has 8 heteroatoms. The van der Waals surface area contributed by atoms with Crippen LogP contribution in [0.4, 0.5) is 5.69 Å². The van der Waals surface area contributed by atoms with E-state index in [2.05, 4.69) is 0 Å². The predicted molar refractivity (Wildman–Crippen MR) is 113 cm³/mol. The second kappa shape index (κ2) is 8.63. The molecule has 0 atom stereocenters. The van der Waals surface area contributed by atoms with E-state index in [4.69, 9.17) is 0 Å². The molecule has 1 saturated heterocycles. The molecular formula is C20H27N3O3S2. The standard InChI is InChI=1S/C20H27N3O3S2/c1-21(2)18-8-6-16(7-9-18)15-22(3)20(24)17-10-12-23(13-11-17)28(25,26)19-5-4-14-27-19/h4-9,14,17H,10-13,15H2,1-3H3. The molecule has 152 valence electrons. The zero-order valence-corrected chi connectivity index (χ0v) is 18.2. The maximum absolute atomic E-state index is 12.8. The van der Waals surface area contributed by atoms with E-state index in [1.165, 1.54) is 15.6 Å². The Morgan fingerprint density at radius 1 is 1.11 bits per heavy atom. The van der Waals surface area contributed by atoms with Crippen LogP contribution in [0.1, 0.15) is 18.4 Å². The smallest absolute Gasteiger partial charge is 0.252 e. The third-order valence-electron chi connectivity index (χ3n) is 5.14. The van der Waals surface area contributed by atoms with E-state index in [9.17, 15) is 13.2 Å². The second-order valence-corrected chi connectivity index (χ2v) is 10.5. The van der Waals surface area contributed by atoms with Crippen LogP contribution in [-0.4, -0.2) is 57.8 Å². The zero-order valence-electron chi connectivity index (χ0n) is 16.5. The Balaban J connectivity index is 1.56. The summed E-state index contributed by atoms with van der Waals surface area (Å²) in [7, 11) is 2.38. The van der Waals surface area contributed by atoms with Crippen molar-refractivity contribution in [2.75, 3.05) is 39.1 Å². The molecule has 3 rings (SSSR count). The molecule has 0 bridgehead atoms.